The summed E-state index contributed by atoms with van der Waals surface area (Å²) >= 11 is 0. The van der Waals surface area contributed by atoms with Gasteiger partial charge in [-0.15, -0.1) is 0 Å². The van der Waals surface area contributed by atoms with Crippen LogP contribution in [0.5, 0.6) is 0 Å². The van der Waals surface area contributed by atoms with Gasteiger partial charge in [0.15, 0.2) is 0 Å². The molecule has 0 heterocycles. The van der Waals surface area contributed by atoms with Gasteiger partial charge in [-0.1, -0.05) is 19.9 Å². The number of halogens is 3. The lowest BCUT2D eigenvalue weighted by atomic mass is 9.83. The summed E-state index contributed by atoms with van der Waals surface area (Å²) in [6.45, 7) is 3.38. The summed E-state index contributed by atoms with van der Waals surface area (Å²) in [7, 11) is 0. The summed E-state index contributed by atoms with van der Waals surface area (Å²) in [4.78, 5) is 10.0. The highest BCUT2D eigenvalue weighted by Gasteiger charge is 2.35. The van der Waals surface area contributed by atoms with E-state index in [1.54, 1.807) is 13.8 Å². The molecule has 7 heteroatoms. The van der Waals surface area contributed by atoms with Gasteiger partial charge in [-0.3, -0.25) is 10.1 Å². The van der Waals surface area contributed by atoms with E-state index in [2.05, 4.69) is 0 Å². The predicted octanol–water partition coefficient (Wildman–Crippen LogP) is 2.85. The molecule has 0 atom stereocenters. The molecule has 0 aliphatic heterocycles. The normalized spacial score (nSPS) is 12.6. The topological polar surface area (TPSA) is 69.2 Å². The standard InChI is InChI=1S/C11H13F3N2O2/c1-10(2,6-15)8-4-3-7(11(12,13)14)5-9(8)16(17)18/h3-5H,6,15H2,1-2H3. The van der Waals surface area contributed by atoms with Crippen molar-refractivity contribution in [2.45, 2.75) is 25.4 Å². The van der Waals surface area contributed by atoms with E-state index in [9.17, 15) is 23.3 Å². The van der Waals surface area contributed by atoms with Gasteiger partial charge in [0.05, 0.1) is 10.5 Å². The third-order valence-corrected chi connectivity index (χ3v) is 2.76. The number of benzene rings is 1. The van der Waals surface area contributed by atoms with Crippen LogP contribution in [0.15, 0.2) is 18.2 Å². The van der Waals surface area contributed by atoms with Crippen LogP contribution in [-0.4, -0.2) is 11.5 Å². The van der Waals surface area contributed by atoms with Gasteiger partial charge < -0.3 is 5.73 Å². The second-order valence-electron chi connectivity index (χ2n) is 4.57. The molecule has 0 spiro atoms. The minimum absolute atomic E-state index is 0.0964. The zero-order valence-corrected chi connectivity index (χ0v) is 9.91. The van der Waals surface area contributed by atoms with Crippen molar-refractivity contribution >= 4 is 5.69 Å². The lowest BCUT2D eigenvalue weighted by molar-refractivity contribution is -0.386. The summed E-state index contributed by atoms with van der Waals surface area (Å²) in [6.07, 6.45) is -4.60. The average Bonchev–Trinajstić information content (AvgIpc) is 2.27. The van der Waals surface area contributed by atoms with Crippen LogP contribution >= 0.6 is 0 Å². The van der Waals surface area contributed by atoms with Gasteiger partial charge in [0.2, 0.25) is 0 Å². The van der Waals surface area contributed by atoms with Crippen molar-refractivity contribution < 1.29 is 18.1 Å². The van der Waals surface area contributed by atoms with Crippen molar-refractivity contribution in [1.29, 1.82) is 0 Å². The SMILES string of the molecule is CC(C)(CN)c1ccc(C(F)(F)F)cc1[N+](=O)[O-]. The van der Waals surface area contributed by atoms with Gasteiger partial charge in [0, 0.05) is 23.6 Å². The van der Waals surface area contributed by atoms with E-state index in [0.717, 1.165) is 12.1 Å². The van der Waals surface area contributed by atoms with Gasteiger partial charge in [0.25, 0.3) is 5.69 Å². The first kappa shape index (κ1) is 14.4. The molecule has 0 amide bonds. The summed E-state index contributed by atoms with van der Waals surface area (Å²) in [5.41, 5.74) is 3.33. The summed E-state index contributed by atoms with van der Waals surface area (Å²) in [6, 6.07) is 2.50. The largest absolute Gasteiger partial charge is 0.416 e. The molecule has 0 bridgehead atoms. The van der Waals surface area contributed by atoms with Crippen LogP contribution in [0, 0.1) is 10.1 Å². The number of rotatable bonds is 3. The maximum Gasteiger partial charge on any atom is 0.416 e. The van der Waals surface area contributed by atoms with E-state index < -0.39 is 27.8 Å². The number of alkyl halides is 3. The van der Waals surface area contributed by atoms with Gasteiger partial charge in [0.1, 0.15) is 0 Å². The summed E-state index contributed by atoms with van der Waals surface area (Å²) < 4.78 is 37.5. The molecule has 1 aromatic carbocycles. The average molecular weight is 262 g/mol. The van der Waals surface area contributed by atoms with Crippen LogP contribution < -0.4 is 5.73 Å². The fourth-order valence-electron chi connectivity index (χ4n) is 1.54. The van der Waals surface area contributed by atoms with Crippen molar-refractivity contribution in [3.63, 3.8) is 0 Å². The van der Waals surface area contributed by atoms with Crippen LogP contribution in [0.3, 0.4) is 0 Å². The Labute approximate surface area is 102 Å². The third-order valence-electron chi connectivity index (χ3n) is 2.76. The maximum absolute atomic E-state index is 12.5. The third kappa shape index (κ3) is 2.79. The van der Waals surface area contributed by atoms with Crippen LogP contribution in [0.4, 0.5) is 18.9 Å². The fraction of sp³-hybridized carbons (Fsp3) is 0.455. The molecular formula is C11H13F3N2O2. The van der Waals surface area contributed by atoms with Gasteiger partial charge in [-0.2, -0.15) is 13.2 Å². The summed E-state index contributed by atoms with van der Waals surface area (Å²) in [5, 5.41) is 10.9. The number of nitro groups is 1. The van der Waals surface area contributed by atoms with E-state index >= 15 is 0 Å². The van der Waals surface area contributed by atoms with Crippen molar-refractivity contribution in [3.8, 4) is 0 Å². The molecule has 0 fully saturated rings. The molecule has 18 heavy (non-hydrogen) atoms. The van der Waals surface area contributed by atoms with E-state index in [0.29, 0.717) is 6.07 Å². The zero-order chi connectivity index (χ0) is 14.1. The van der Waals surface area contributed by atoms with Gasteiger partial charge in [-0.05, 0) is 6.07 Å². The molecule has 0 radical (unpaired) electrons. The van der Waals surface area contributed by atoms with Crippen LogP contribution in [0.25, 0.3) is 0 Å². The zero-order valence-electron chi connectivity index (χ0n) is 9.91. The van der Waals surface area contributed by atoms with Crippen LogP contribution in [-0.2, 0) is 11.6 Å². The number of nitro benzene ring substituents is 1. The highest BCUT2D eigenvalue weighted by atomic mass is 19.4. The van der Waals surface area contributed by atoms with E-state index in [-0.39, 0.29) is 12.1 Å². The molecule has 100 valence electrons. The lowest BCUT2D eigenvalue weighted by Crippen LogP contribution is -2.29. The fourth-order valence-corrected chi connectivity index (χ4v) is 1.54. The smallest absolute Gasteiger partial charge is 0.330 e. The Balaban J connectivity index is 3.44. The molecule has 0 saturated heterocycles. The Morgan fingerprint density at radius 1 is 1.33 bits per heavy atom. The first-order valence-corrected chi connectivity index (χ1v) is 5.16. The first-order valence-electron chi connectivity index (χ1n) is 5.16. The minimum Gasteiger partial charge on any atom is -0.330 e. The van der Waals surface area contributed by atoms with Crippen molar-refractivity contribution in [2.75, 3.05) is 6.54 Å². The molecule has 0 aromatic heterocycles. The molecule has 4 nitrogen and oxygen atoms in total. The van der Waals surface area contributed by atoms with Crippen LogP contribution in [0.1, 0.15) is 25.0 Å². The number of nitrogens with two attached hydrogens (primary N) is 1. The van der Waals surface area contributed by atoms with Gasteiger partial charge in [-0.25, -0.2) is 0 Å². The molecule has 0 unspecified atom stereocenters. The Bertz CT molecular complexity index is 470. The molecule has 0 aliphatic carbocycles. The molecule has 1 aromatic rings. The molecule has 2 N–H and O–H groups in total. The molecule has 0 saturated carbocycles. The molecular weight excluding hydrogens is 249 g/mol. The molecule has 1 rings (SSSR count). The van der Waals surface area contributed by atoms with Crippen LogP contribution in [0.2, 0.25) is 0 Å². The molecule has 0 aliphatic rings. The predicted molar refractivity (Wildman–Crippen MR) is 60.2 cm³/mol. The van der Waals surface area contributed by atoms with Crippen molar-refractivity contribution in [3.05, 3.63) is 39.4 Å². The maximum atomic E-state index is 12.5. The van der Waals surface area contributed by atoms with E-state index in [1.165, 1.54) is 0 Å². The second kappa shape index (κ2) is 4.56. The highest BCUT2D eigenvalue weighted by molar-refractivity contribution is 5.48. The number of hydrogen-bond donors (Lipinski definition) is 1. The second-order valence-corrected chi connectivity index (χ2v) is 4.57. The Morgan fingerprint density at radius 3 is 2.28 bits per heavy atom. The minimum atomic E-state index is -4.60. The quantitative estimate of drug-likeness (QED) is 0.672. The monoisotopic (exact) mass is 262 g/mol. The Morgan fingerprint density at radius 2 is 1.89 bits per heavy atom. The highest BCUT2D eigenvalue weighted by Crippen LogP contribution is 2.36. The first-order chi connectivity index (χ1) is 8.09. The lowest BCUT2D eigenvalue weighted by Gasteiger charge is -2.23. The van der Waals surface area contributed by atoms with Crippen molar-refractivity contribution in [1.82, 2.24) is 0 Å². The van der Waals surface area contributed by atoms with E-state index in [4.69, 9.17) is 5.73 Å². The van der Waals surface area contributed by atoms with E-state index in [1.807, 2.05) is 0 Å². The summed E-state index contributed by atoms with van der Waals surface area (Å²) in [5.74, 6) is 0. The Kier molecular flexibility index (Phi) is 3.66. The number of nitrogens with zero attached hydrogens (tertiary/aromatic N) is 1. The number of hydrogen-bond acceptors (Lipinski definition) is 3. The van der Waals surface area contributed by atoms with Crippen molar-refractivity contribution in [2.24, 2.45) is 5.73 Å². The Hall–Kier alpha value is -1.63. The van der Waals surface area contributed by atoms with Gasteiger partial charge >= 0.3 is 6.18 Å².